The zero-order valence-electron chi connectivity index (χ0n) is 12.2. The van der Waals surface area contributed by atoms with Crippen molar-refractivity contribution in [2.45, 2.75) is 20.3 Å². The molecule has 1 aromatic carbocycles. The first kappa shape index (κ1) is 15.3. The number of rotatable bonds is 5. The number of benzene rings is 1. The summed E-state index contributed by atoms with van der Waals surface area (Å²) in [5.74, 6) is -0.428. The van der Waals surface area contributed by atoms with Crippen molar-refractivity contribution in [3.8, 4) is 0 Å². The number of hydrogen-bond donors (Lipinski definition) is 2. The number of para-hydroxylation sites is 1. The third-order valence-corrected chi connectivity index (χ3v) is 3.37. The molecule has 5 nitrogen and oxygen atoms in total. The fourth-order valence-electron chi connectivity index (χ4n) is 2.01. The van der Waals surface area contributed by atoms with Gasteiger partial charge in [0, 0.05) is 19.2 Å². The van der Waals surface area contributed by atoms with Gasteiger partial charge in [0.15, 0.2) is 11.2 Å². The lowest BCUT2D eigenvalue weighted by molar-refractivity contribution is 0.0901. The van der Waals surface area contributed by atoms with Gasteiger partial charge in [-0.1, -0.05) is 26.0 Å². The van der Waals surface area contributed by atoms with Crippen LogP contribution in [0.3, 0.4) is 0 Å². The summed E-state index contributed by atoms with van der Waals surface area (Å²) in [7, 11) is 0. The highest BCUT2D eigenvalue weighted by molar-refractivity contribution is 5.93. The first-order chi connectivity index (χ1) is 9.93. The Balaban J connectivity index is 2.18. The molecule has 0 aliphatic rings. The Bertz CT molecular complexity index is 703. The Labute approximate surface area is 122 Å². The standard InChI is InChI=1S/C16H19NO4/c1-16(2,7-8-18)10-17-15(20)14-9-12(19)11-5-3-4-6-13(11)21-14/h3-6,9,18H,7-8,10H2,1-2H3,(H,17,20). The quantitative estimate of drug-likeness (QED) is 0.881. The molecule has 2 aromatic rings. The van der Waals surface area contributed by atoms with Gasteiger partial charge in [0.2, 0.25) is 0 Å². The number of carbonyl (C=O) groups excluding carboxylic acids is 1. The van der Waals surface area contributed by atoms with E-state index in [1.165, 1.54) is 6.07 Å². The zero-order valence-corrected chi connectivity index (χ0v) is 12.2. The van der Waals surface area contributed by atoms with Gasteiger partial charge in [-0.25, -0.2) is 0 Å². The van der Waals surface area contributed by atoms with Gasteiger partial charge in [-0.15, -0.1) is 0 Å². The molecule has 1 amide bonds. The van der Waals surface area contributed by atoms with Crippen molar-refractivity contribution in [2.24, 2.45) is 5.41 Å². The van der Waals surface area contributed by atoms with Gasteiger partial charge in [0.1, 0.15) is 5.58 Å². The van der Waals surface area contributed by atoms with Gasteiger partial charge in [0.05, 0.1) is 5.39 Å². The second kappa shape index (κ2) is 6.10. The van der Waals surface area contributed by atoms with Crippen LogP contribution in [0.5, 0.6) is 0 Å². The second-order valence-corrected chi connectivity index (χ2v) is 5.79. The average Bonchev–Trinajstić information content (AvgIpc) is 2.45. The Morgan fingerprint density at radius 1 is 1.33 bits per heavy atom. The van der Waals surface area contributed by atoms with E-state index in [4.69, 9.17) is 9.52 Å². The summed E-state index contributed by atoms with van der Waals surface area (Å²) in [5, 5.41) is 12.2. The van der Waals surface area contributed by atoms with Crippen LogP contribution >= 0.6 is 0 Å². The molecule has 112 valence electrons. The first-order valence-electron chi connectivity index (χ1n) is 6.85. The minimum atomic E-state index is -0.427. The molecule has 0 fully saturated rings. The van der Waals surface area contributed by atoms with Crippen LogP contribution in [-0.4, -0.2) is 24.2 Å². The fraction of sp³-hybridized carbons (Fsp3) is 0.375. The molecule has 2 rings (SSSR count). The smallest absolute Gasteiger partial charge is 0.287 e. The largest absolute Gasteiger partial charge is 0.451 e. The van der Waals surface area contributed by atoms with Crippen LogP contribution in [-0.2, 0) is 0 Å². The van der Waals surface area contributed by atoms with Crippen molar-refractivity contribution in [3.05, 3.63) is 46.3 Å². The van der Waals surface area contributed by atoms with Gasteiger partial charge in [-0.05, 0) is 24.0 Å². The first-order valence-corrected chi connectivity index (χ1v) is 6.85. The van der Waals surface area contributed by atoms with Gasteiger partial charge >= 0.3 is 0 Å². The van der Waals surface area contributed by atoms with E-state index in [1.54, 1.807) is 24.3 Å². The Kier molecular flexibility index (Phi) is 4.43. The predicted molar refractivity (Wildman–Crippen MR) is 80.3 cm³/mol. The number of carbonyl (C=O) groups is 1. The van der Waals surface area contributed by atoms with E-state index in [-0.39, 0.29) is 23.2 Å². The molecule has 0 bridgehead atoms. The van der Waals surface area contributed by atoms with Gasteiger partial charge in [0.25, 0.3) is 5.91 Å². The van der Waals surface area contributed by atoms with Crippen molar-refractivity contribution in [1.29, 1.82) is 0 Å². The molecule has 0 atom stereocenters. The number of nitrogens with one attached hydrogen (secondary N) is 1. The Morgan fingerprint density at radius 2 is 2.05 bits per heavy atom. The van der Waals surface area contributed by atoms with Crippen molar-refractivity contribution in [3.63, 3.8) is 0 Å². The molecule has 5 heteroatoms. The average molecular weight is 289 g/mol. The van der Waals surface area contributed by atoms with E-state index < -0.39 is 5.91 Å². The van der Waals surface area contributed by atoms with Crippen molar-refractivity contribution >= 4 is 16.9 Å². The van der Waals surface area contributed by atoms with Gasteiger partial charge < -0.3 is 14.8 Å². The zero-order chi connectivity index (χ0) is 15.5. The molecule has 0 saturated heterocycles. The van der Waals surface area contributed by atoms with E-state index in [0.29, 0.717) is 23.9 Å². The molecule has 0 unspecified atom stereocenters. The van der Waals surface area contributed by atoms with Gasteiger partial charge in [-0.2, -0.15) is 0 Å². The molecule has 21 heavy (non-hydrogen) atoms. The van der Waals surface area contributed by atoms with Crippen LogP contribution in [0, 0.1) is 5.41 Å². The molecule has 0 aliphatic heterocycles. The maximum absolute atomic E-state index is 12.1. The minimum Gasteiger partial charge on any atom is -0.451 e. The molecule has 1 aromatic heterocycles. The molecule has 0 saturated carbocycles. The lowest BCUT2D eigenvalue weighted by Gasteiger charge is -2.23. The number of aliphatic hydroxyl groups excluding tert-OH is 1. The van der Waals surface area contributed by atoms with Crippen LogP contribution in [0.1, 0.15) is 30.8 Å². The molecule has 0 spiro atoms. The Hall–Kier alpha value is -2.14. The summed E-state index contributed by atoms with van der Waals surface area (Å²) >= 11 is 0. The SMILES string of the molecule is CC(C)(CCO)CNC(=O)c1cc(=O)c2ccccc2o1. The highest BCUT2D eigenvalue weighted by Crippen LogP contribution is 2.18. The lowest BCUT2D eigenvalue weighted by Crippen LogP contribution is -2.34. The number of aliphatic hydroxyl groups is 1. The molecule has 2 N–H and O–H groups in total. The van der Waals surface area contributed by atoms with E-state index in [9.17, 15) is 9.59 Å². The number of amides is 1. The van der Waals surface area contributed by atoms with E-state index in [0.717, 1.165) is 0 Å². The maximum Gasteiger partial charge on any atom is 0.287 e. The van der Waals surface area contributed by atoms with Gasteiger partial charge in [-0.3, -0.25) is 9.59 Å². The highest BCUT2D eigenvalue weighted by atomic mass is 16.3. The van der Waals surface area contributed by atoms with Crippen LogP contribution in [0.15, 0.2) is 39.5 Å². The second-order valence-electron chi connectivity index (χ2n) is 5.79. The summed E-state index contributed by atoms with van der Waals surface area (Å²) in [6.45, 7) is 4.34. The third-order valence-electron chi connectivity index (χ3n) is 3.37. The third kappa shape index (κ3) is 3.70. The topological polar surface area (TPSA) is 79.5 Å². The molecular weight excluding hydrogens is 270 g/mol. The summed E-state index contributed by atoms with van der Waals surface area (Å²) in [4.78, 5) is 24.0. The molecule has 0 radical (unpaired) electrons. The summed E-state index contributed by atoms with van der Waals surface area (Å²) in [6, 6.07) is 8.01. The minimum absolute atomic E-state index is 0.00139. The van der Waals surface area contributed by atoms with Crippen molar-refractivity contribution < 1.29 is 14.3 Å². The highest BCUT2D eigenvalue weighted by Gasteiger charge is 2.20. The summed E-state index contributed by atoms with van der Waals surface area (Å²) in [6.07, 6.45) is 0.578. The summed E-state index contributed by atoms with van der Waals surface area (Å²) < 4.78 is 5.47. The molecular formula is C16H19NO4. The Morgan fingerprint density at radius 3 is 2.76 bits per heavy atom. The normalized spacial score (nSPS) is 11.6. The summed E-state index contributed by atoms with van der Waals surface area (Å²) in [5.41, 5.74) is -0.0666. The van der Waals surface area contributed by atoms with E-state index >= 15 is 0 Å². The van der Waals surface area contributed by atoms with Crippen LogP contribution < -0.4 is 10.7 Å². The van der Waals surface area contributed by atoms with Crippen LogP contribution in [0.2, 0.25) is 0 Å². The predicted octanol–water partition coefficient (Wildman–Crippen LogP) is 1.93. The van der Waals surface area contributed by atoms with E-state index in [2.05, 4.69) is 5.32 Å². The lowest BCUT2D eigenvalue weighted by atomic mass is 9.90. The van der Waals surface area contributed by atoms with Crippen molar-refractivity contribution in [2.75, 3.05) is 13.2 Å². The monoisotopic (exact) mass is 289 g/mol. The fourth-order valence-corrected chi connectivity index (χ4v) is 2.01. The maximum atomic E-state index is 12.1. The number of fused-ring (bicyclic) bond motifs is 1. The number of hydrogen-bond acceptors (Lipinski definition) is 4. The van der Waals surface area contributed by atoms with E-state index in [1.807, 2.05) is 13.8 Å². The van der Waals surface area contributed by atoms with Crippen LogP contribution in [0.4, 0.5) is 0 Å². The van der Waals surface area contributed by atoms with Crippen LogP contribution in [0.25, 0.3) is 11.0 Å². The van der Waals surface area contributed by atoms with Crippen molar-refractivity contribution in [1.82, 2.24) is 5.32 Å². The molecule has 0 aliphatic carbocycles. The molecule has 1 heterocycles.